The van der Waals surface area contributed by atoms with Gasteiger partial charge in [-0.25, -0.2) is 4.39 Å². The number of fused-ring (bicyclic) bond motifs is 1. The van der Waals surface area contributed by atoms with Gasteiger partial charge in [-0.05, 0) is 56.0 Å². The fraction of sp³-hybridized carbons (Fsp3) is 0.444. The number of benzene rings is 2. The van der Waals surface area contributed by atoms with Crippen molar-refractivity contribution in [3.63, 3.8) is 0 Å². The van der Waals surface area contributed by atoms with Crippen LogP contribution in [0.5, 0.6) is 0 Å². The Kier molecular flexibility index (Phi) is 6.09. The van der Waals surface area contributed by atoms with Crippen LogP contribution in [0.2, 0.25) is 0 Å². The lowest BCUT2D eigenvalue weighted by molar-refractivity contribution is -0.136. The van der Waals surface area contributed by atoms with E-state index in [1.165, 1.54) is 39.3 Å². The summed E-state index contributed by atoms with van der Waals surface area (Å²) in [5.74, 6) is -1.58. The lowest BCUT2D eigenvalue weighted by Crippen LogP contribution is -2.52. The molecule has 0 radical (unpaired) electrons. The Morgan fingerprint density at radius 2 is 1.66 bits per heavy atom. The van der Waals surface area contributed by atoms with Crippen molar-refractivity contribution >= 4 is 23.4 Å². The number of aryl methyl sites for hydroxylation is 3. The van der Waals surface area contributed by atoms with E-state index < -0.39 is 17.8 Å². The monoisotopic (exact) mass is 478 g/mol. The zero-order chi connectivity index (χ0) is 24.9. The number of hydrogen-bond donors (Lipinski definition) is 1. The maximum atomic E-state index is 14.6. The molecule has 3 aliphatic heterocycles. The number of imide groups is 1. The van der Waals surface area contributed by atoms with Crippen LogP contribution in [0.25, 0.3) is 0 Å². The van der Waals surface area contributed by atoms with E-state index in [1.54, 1.807) is 0 Å². The average Bonchev–Trinajstić information content (AvgIpc) is 3.12. The molecule has 1 N–H and O–H groups in total. The van der Waals surface area contributed by atoms with Crippen molar-refractivity contribution in [1.29, 1.82) is 0 Å². The number of anilines is 1. The molecule has 3 heterocycles. The molecule has 1 unspecified atom stereocenters. The molecule has 2 aromatic carbocycles. The summed E-state index contributed by atoms with van der Waals surface area (Å²) in [4.78, 5) is 43.1. The Morgan fingerprint density at radius 1 is 0.971 bits per heavy atom. The normalized spacial score (nSPS) is 20.9. The van der Waals surface area contributed by atoms with Crippen LogP contribution in [0.3, 0.4) is 0 Å². The molecule has 0 saturated carbocycles. The second-order valence-corrected chi connectivity index (χ2v) is 9.99. The van der Waals surface area contributed by atoms with E-state index in [0.29, 0.717) is 12.0 Å². The minimum atomic E-state index is -0.707. The number of rotatable bonds is 4. The SMILES string of the molecule is Cc1cc(C)c(CN2CCN(c3cc(F)cc4c3CN(C3CCC(=O)NC3=O)C4=O)CC2)c(C)c1. The molecule has 0 aromatic heterocycles. The molecule has 2 aromatic rings. The fourth-order valence-electron chi connectivity index (χ4n) is 5.72. The summed E-state index contributed by atoms with van der Waals surface area (Å²) in [6.07, 6.45) is 0.484. The standard InChI is InChI=1S/C27H31FN4O3/c1-16-10-17(2)21(18(3)11-16)14-30-6-8-31(9-7-30)24-13-19(28)12-20-22(24)15-32(27(20)35)23-4-5-25(33)29-26(23)34/h10-13,23H,4-9,14-15H2,1-3H3,(H,29,33,34). The van der Waals surface area contributed by atoms with Crippen LogP contribution in [0, 0.1) is 26.6 Å². The van der Waals surface area contributed by atoms with Crippen molar-refractivity contribution in [2.75, 3.05) is 31.1 Å². The van der Waals surface area contributed by atoms with Gasteiger partial charge < -0.3 is 9.80 Å². The molecule has 0 bridgehead atoms. The van der Waals surface area contributed by atoms with Gasteiger partial charge in [-0.3, -0.25) is 24.6 Å². The third-order valence-corrected chi connectivity index (χ3v) is 7.53. The molecule has 0 aliphatic carbocycles. The Morgan fingerprint density at radius 3 is 2.31 bits per heavy atom. The Labute approximate surface area is 204 Å². The first kappa shape index (κ1) is 23.5. The van der Waals surface area contributed by atoms with Crippen molar-refractivity contribution in [3.8, 4) is 0 Å². The Balaban J connectivity index is 1.32. The van der Waals surface area contributed by atoms with Crippen molar-refractivity contribution in [3.05, 3.63) is 63.5 Å². The van der Waals surface area contributed by atoms with Crippen molar-refractivity contribution in [1.82, 2.24) is 15.1 Å². The van der Waals surface area contributed by atoms with E-state index in [1.807, 2.05) is 0 Å². The summed E-state index contributed by atoms with van der Waals surface area (Å²) < 4.78 is 14.6. The zero-order valence-electron chi connectivity index (χ0n) is 20.5. The number of amides is 3. The zero-order valence-corrected chi connectivity index (χ0v) is 20.5. The van der Waals surface area contributed by atoms with Gasteiger partial charge in [0.2, 0.25) is 11.8 Å². The quantitative estimate of drug-likeness (QED) is 0.685. The van der Waals surface area contributed by atoms with Crippen molar-refractivity contribution in [2.24, 2.45) is 0 Å². The third-order valence-electron chi connectivity index (χ3n) is 7.53. The van der Waals surface area contributed by atoms with Gasteiger partial charge in [0.25, 0.3) is 5.91 Å². The molecular formula is C27H31FN4O3. The molecule has 1 atom stereocenters. The lowest BCUT2D eigenvalue weighted by atomic mass is 9.99. The molecule has 2 fully saturated rings. The van der Waals surface area contributed by atoms with Gasteiger partial charge in [0.1, 0.15) is 11.9 Å². The Bertz CT molecular complexity index is 1200. The summed E-state index contributed by atoms with van der Waals surface area (Å²) in [6, 6.07) is 6.51. The molecule has 3 amide bonds. The number of nitrogens with zero attached hydrogens (tertiary/aromatic N) is 3. The molecule has 0 spiro atoms. The van der Waals surface area contributed by atoms with Crippen LogP contribution in [0.4, 0.5) is 10.1 Å². The second-order valence-electron chi connectivity index (χ2n) is 9.99. The largest absolute Gasteiger partial charge is 0.369 e. The van der Waals surface area contributed by atoms with E-state index in [4.69, 9.17) is 0 Å². The first-order valence-electron chi connectivity index (χ1n) is 12.2. The number of hydrogen-bond acceptors (Lipinski definition) is 5. The molecule has 184 valence electrons. The summed E-state index contributed by atoms with van der Waals surface area (Å²) in [7, 11) is 0. The molecular weight excluding hydrogens is 447 g/mol. The van der Waals surface area contributed by atoms with Crippen molar-refractivity contribution in [2.45, 2.75) is 52.7 Å². The number of piperidine rings is 1. The van der Waals surface area contributed by atoms with Crippen LogP contribution in [0.1, 0.15) is 51.0 Å². The predicted octanol–water partition coefficient (Wildman–Crippen LogP) is 2.83. The van der Waals surface area contributed by atoms with Gasteiger partial charge in [0, 0.05) is 62.5 Å². The van der Waals surface area contributed by atoms with Gasteiger partial charge in [0.15, 0.2) is 0 Å². The molecule has 8 heteroatoms. The van der Waals surface area contributed by atoms with Gasteiger partial charge in [0.05, 0.1) is 0 Å². The number of piperazine rings is 1. The van der Waals surface area contributed by atoms with Gasteiger partial charge >= 0.3 is 0 Å². The summed E-state index contributed by atoms with van der Waals surface area (Å²) >= 11 is 0. The van der Waals surface area contributed by atoms with Crippen LogP contribution >= 0.6 is 0 Å². The summed E-state index contributed by atoms with van der Waals surface area (Å²) in [5.41, 5.74) is 7.05. The summed E-state index contributed by atoms with van der Waals surface area (Å²) in [6.45, 7) is 10.7. The van der Waals surface area contributed by atoms with Gasteiger partial charge in [-0.1, -0.05) is 17.7 Å². The highest BCUT2D eigenvalue weighted by Crippen LogP contribution is 2.35. The lowest BCUT2D eigenvalue weighted by Gasteiger charge is -2.37. The Hall–Kier alpha value is -3.26. The predicted molar refractivity (Wildman–Crippen MR) is 131 cm³/mol. The number of carbonyl (C=O) groups is 3. The topological polar surface area (TPSA) is 73.0 Å². The van der Waals surface area contributed by atoms with E-state index >= 15 is 0 Å². The van der Waals surface area contributed by atoms with Gasteiger partial charge in [-0.2, -0.15) is 0 Å². The van der Waals surface area contributed by atoms with E-state index in [9.17, 15) is 18.8 Å². The molecule has 2 saturated heterocycles. The molecule has 3 aliphatic rings. The molecule has 35 heavy (non-hydrogen) atoms. The average molecular weight is 479 g/mol. The smallest absolute Gasteiger partial charge is 0.255 e. The minimum absolute atomic E-state index is 0.194. The number of halogens is 1. The highest BCUT2D eigenvalue weighted by molar-refractivity contribution is 6.06. The van der Waals surface area contributed by atoms with Gasteiger partial charge in [-0.15, -0.1) is 0 Å². The van der Waals surface area contributed by atoms with E-state index in [-0.39, 0.29) is 24.8 Å². The van der Waals surface area contributed by atoms with Crippen LogP contribution in [-0.4, -0.2) is 59.7 Å². The number of nitrogens with one attached hydrogen (secondary N) is 1. The minimum Gasteiger partial charge on any atom is -0.369 e. The van der Waals surface area contributed by atoms with E-state index in [2.05, 4.69) is 48.0 Å². The maximum Gasteiger partial charge on any atom is 0.255 e. The molecule has 5 rings (SSSR count). The van der Waals surface area contributed by atoms with E-state index in [0.717, 1.165) is 44.0 Å². The van der Waals surface area contributed by atoms with Crippen molar-refractivity contribution < 1.29 is 18.8 Å². The second kappa shape index (κ2) is 9.07. The maximum absolute atomic E-state index is 14.6. The highest BCUT2D eigenvalue weighted by Gasteiger charge is 2.41. The first-order chi connectivity index (χ1) is 16.7. The summed E-state index contributed by atoms with van der Waals surface area (Å²) in [5, 5.41) is 2.32. The van der Waals surface area contributed by atoms with Crippen LogP contribution in [-0.2, 0) is 22.7 Å². The third kappa shape index (κ3) is 4.43. The first-order valence-corrected chi connectivity index (χ1v) is 12.2. The van der Waals surface area contributed by atoms with Crippen LogP contribution < -0.4 is 10.2 Å². The van der Waals surface area contributed by atoms with Crippen LogP contribution in [0.15, 0.2) is 24.3 Å². The number of carbonyl (C=O) groups excluding carboxylic acids is 3. The highest BCUT2D eigenvalue weighted by atomic mass is 19.1. The molecule has 7 nitrogen and oxygen atoms in total. The fourth-order valence-corrected chi connectivity index (χ4v) is 5.72.